The van der Waals surface area contributed by atoms with Crippen molar-refractivity contribution in [3.63, 3.8) is 0 Å². The lowest BCUT2D eigenvalue weighted by Crippen LogP contribution is -2.50. The first-order valence-electron chi connectivity index (χ1n) is 7.55. The highest BCUT2D eigenvalue weighted by atomic mass is 16.5. The van der Waals surface area contributed by atoms with Crippen molar-refractivity contribution in [2.45, 2.75) is 69.9 Å². The molecule has 0 bridgehead atoms. The normalized spacial score (nSPS) is 30.3. The van der Waals surface area contributed by atoms with Crippen molar-refractivity contribution in [2.24, 2.45) is 5.92 Å². The molecule has 0 aromatic heterocycles. The summed E-state index contributed by atoms with van der Waals surface area (Å²) in [5.74, 6) is -0.0497. The number of hydrogen-bond acceptors (Lipinski definition) is 3. The van der Waals surface area contributed by atoms with Gasteiger partial charge < -0.3 is 10.1 Å². The predicted molar refractivity (Wildman–Crippen MR) is 72.3 cm³/mol. The summed E-state index contributed by atoms with van der Waals surface area (Å²) >= 11 is 0. The molecule has 1 amide bonds. The van der Waals surface area contributed by atoms with E-state index in [2.05, 4.69) is 11.4 Å². The molecule has 2 aliphatic rings. The first kappa shape index (κ1) is 14.3. The fourth-order valence-electron chi connectivity index (χ4n) is 3.28. The van der Waals surface area contributed by atoms with E-state index in [1.165, 1.54) is 12.8 Å². The Morgan fingerprint density at radius 2 is 2.05 bits per heavy atom. The number of nitriles is 1. The van der Waals surface area contributed by atoms with Crippen LogP contribution >= 0.6 is 0 Å². The van der Waals surface area contributed by atoms with Gasteiger partial charge in [-0.05, 0) is 25.7 Å². The molecule has 1 N–H and O–H groups in total. The van der Waals surface area contributed by atoms with Crippen LogP contribution in [0.15, 0.2) is 0 Å². The second-order valence-electron chi connectivity index (χ2n) is 5.81. The van der Waals surface area contributed by atoms with E-state index in [0.29, 0.717) is 6.61 Å². The lowest BCUT2D eigenvalue weighted by molar-refractivity contribution is -0.128. The van der Waals surface area contributed by atoms with Crippen LogP contribution in [0.25, 0.3) is 0 Å². The number of nitrogens with zero attached hydrogens (tertiary/aromatic N) is 1. The lowest BCUT2D eigenvalue weighted by atomic mass is 9.89. The fourth-order valence-corrected chi connectivity index (χ4v) is 3.28. The van der Waals surface area contributed by atoms with Gasteiger partial charge in [0.25, 0.3) is 0 Å². The van der Waals surface area contributed by atoms with Crippen LogP contribution in [0.4, 0.5) is 0 Å². The maximum Gasteiger partial charge on any atom is 0.227 e. The maximum atomic E-state index is 12.4. The zero-order valence-corrected chi connectivity index (χ0v) is 11.8. The topological polar surface area (TPSA) is 62.1 Å². The maximum absolute atomic E-state index is 12.4. The van der Waals surface area contributed by atoms with Crippen LogP contribution in [0.5, 0.6) is 0 Å². The van der Waals surface area contributed by atoms with Crippen molar-refractivity contribution in [1.29, 1.82) is 5.26 Å². The summed E-state index contributed by atoms with van der Waals surface area (Å²) in [4.78, 5) is 12.4. The van der Waals surface area contributed by atoms with Gasteiger partial charge >= 0.3 is 0 Å². The standard InChI is InChI=1S/C15H24N2O2/c1-2-13-12(7-10-19-13)14(18)17-15(11-16)8-5-3-4-6-9-15/h12-13H,2-10H2,1H3,(H,17,18). The first-order valence-corrected chi connectivity index (χ1v) is 7.55. The number of rotatable bonds is 3. The van der Waals surface area contributed by atoms with Gasteiger partial charge in [0.15, 0.2) is 0 Å². The van der Waals surface area contributed by atoms with Crippen molar-refractivity contribution >= 4 is 5.91 Å². The fraction of sp³-hybridized carbons (Fsp3) is 0.867. The van der Waals surface area contributed by atoms with E-state index < -0.39 is 5.54 Å². The molecule has 1 heterocycles. The van der Waals surface area contributed by atoms with E-state index in [9.17, 15) is 10.1 Å². The van der Waals surface area contributed by atoms with Crippen LogP contribution in [-0.4, -0.2) is 24.2 Å². The molecule has 1 aliphatic heterocycles. The molecule has 2 rings (SSSR count). The average molecular weight is 264 g/mol. The minimum Gasteiger partial charge on any atom is -0.377 e. The molecule has 4 heteroatoms. The molecule has 2 atom stereocenters. The number of amides is 1. The van der Waals surface area contributed by atoms with Gasteiger partial charge in [-0.3, -0.25) is 4.79 Å². The average Bonchev–Trinajstić information content (AvgIpc) is 2.79. The largest absolute Gasteiger partial charge is 0.377 e. The van der Waals surface area contributed by atoms with Crippen LogP contribution in [0.2, 0.25) is 0 Å². The zero-order valence-electron chi connectivity index (χ0n) is 11.8. The number of ether oxygens (including phenoxy) is 1. The molecule has 4 nitrogen and oxygen atoms in total. The van der Waals surface area contributed by atoms with E-state index in [-0.39, 0.29) is 17.9 Å². The molecule has 1 saturated heterocycles. The summed E-state index contributed by atoms with van der Waals surface area (Å²) < 4.78 is 5.57. The number of carbonyl (C=O) groups is 1. The van der Waals surface area contributed by atoms with Crippen LogP contribution in [0, 0.1) is 17.2 Å². The molecule has 0 aromatic rings. The van der Waals surface area contributed by atoms with Gasteiger partial charge in [0, 0.05) is 6.61 Å². The summed E-state index contributed by atoms with van der Waals surface area (Å²) in [6.45, 7) is 2.71. The Labute approximate surface area is 115 Å². The van der Waals surface area contributed by atoms with Crippen LogP contribution in [-0.2, 0) is 9.53 Å². The molecular formula is C15H24N2O2. The molecule has 1 aliphatic carbocycles. The van der Waals surface area contributed by atoms with Crippen LogP contribution in [0.1, 0.15) is 58.3 Å². The molecule has 1 saturated carbocycles. The van der Waals surface area contributed by atoms with Crippen molar-refractivity contribution < 1.29 is 9.53 Å². The third-order valence-electron chi connectivity index (χ3n) is 4.48. The Morgan fingerprint density at radius 3 is 2.63 bits per heavy atom. The van der Waals surface area contributed by atoms with Crippen molar-refractivity contribution in [2.75, 3.05) is 6.61 Å². The molecule has 106 valence electrons. The van der Waals surface area contributed by atoms with Gasteiger partial charge in [-0.25, -0.2) is 0 Å². The third kappa shape index (κ3) is 3.27. The summed E-state index contributed by atoms with van der Waals surface area (Å²) in [5, 5.41) is 12.5. The van der Waals surface area contributed by atoms with Crippen molar-refractivity contribution in [3.05, 3.63) is 0 Å². The Hall–Kier alpha value is -1.08. The van der Waals surface area contributed by atoms with Crippen LogP contribution in [0.3, 0.4) is 0 Å². The van der Waals surface area contributed by atoms with Gasteiger partial charge in [-0.2, -0.15) is 5.26 Å². The second-order valence-corrected chi connectivity index (χ2v) is 5.81. The van der Waals surface area contributed by atoms with Crippen LogP contribution < -0.4 is 5.32 Å². The van der Waals surface area contributed by atoms with E-state index in [0.717, 1.165) is 38.5 Å². The molecule has 0 radical (unpaired) electrons. The smallest absolute Gasteiger partial charge is 0.227 e. The van der Waals surface area contributed by atoms with E-state index >= 15 is 0 Å². The highest BCUT2D eigenvalue weighted by molar-refractivity contribution is 5.80. The molecule has 19 heavy (non-hydrogen) atoms. The summed E-state index contributed by atoms with van der Waals surface area (Å²) in [5.41, 5.74) is -0.630. The Balaban J connectivity index is 2.01. The van der Waals surface area contributed by atoms with Crippen molar-refractivity contribution in [3.8, 4) is 6.07 Å². The van der Waals surface area contributed by atoms with E-state index in [4.69, 9.17) is 4.74 Å². The third-order valence-corrected chi connectivity index (χ3v) is 4.48. The molecule has 0 aromatic carbocycles. The van der Waals surface area contributed by atoms with E-state index in [1.54, 1.807) is 0 Å². The van der Waals surface area contributed by atoms with Gasteiger partial charge in [-0.15, -0.1) is 0 Å². The minimum atomic E-state index is -0.630. The summed E-state index contributed by atoms with van der Waals surface area (Å²) in [6.07, 6.45) is 7.66. The highest BCUT2D eigenvalue weighted by Gasteiger charge is 2.38. The summed E-state index contributed by atoms with van der Waals surface area (Å²) in [7, 11) is 0. The SMILES string of the molecule is CCC1OCCC1C(=O)NC1(C#N)CCCCCC1. The number of carbonyl (C=O) groups excluding carboxylic acids is 1. The molecular weight excluding hydrogens is 240 g/mol. The minimum absolute atomic E-state index is 0.0211. The predicted octanol–water partition coefficient (Wildman–Crippen LogP) is 2.53. The van der Waals surface area contributed by atoms with Gasteiger partial charge in [0.1, 0.15) is 5.54 Å². The monoisotopic (exact) mass is 264 g/mol. The lowest BCUT2D eigenvalue weighted by Gasteiger charge is -2.28. The van der Waals surface area contributed by atoms with Crippen molar-refractivity contribution in [1.82, 2.24) is 5.32 Å². The molecule has 0 spiro atoms. The first-order chi connectivity index (χ1) is 9.21. The van der Waals surface area contributed by atoms with E-state index in [1.807, 2.05) is 6.92 Å². The van der Waals surface area contributed by atoms with Gasteiger partial charge in [-0.1, -0.05) is 32.6 Å². The quantitative estimate of drug-likeness (QED) is 0.797. The highest BCUT2D eigenvalue weighted by Crippen LogP contribution is 2.29. The number of nitrogens with one attached hydrogen (secondary N) is 1. The Morgan fingerprint density at radius 1 is 1.37 bits per heavy atom. The molecule has 2 fully saturated rings. The Kier molecular flexibility index (Phi) is 4.81. The Bertz CT molecular complexity index is 354. The van der Waals surface area contributed by atoms with Gasteiger partial charge in [0.2, 0.25) is 5.91 Å². The molecule has 2 unspecified atom stereocenters. The number of hydrogen-bond donors (Lipinski definition) is 1. The second kappa shape index (κ2) is 6.38. The zero-order chi connectivity index (χ0) is 13.7. The summed E-state index contributed by atoms with van der Waals surface area (Å²) in [6, 6.07) is 2.37. The van der Waals surface area contributed by atoms with Gasteiger partial charge in [0.05, 0.1) is 18.1 Å².